The number of hydrogen-bond donors (Lipinski definition) is 4. The van der Waals surface area contributed by atoms with E-state index in [1.165, 1.54) is 0 Å². The molecule has 1 aromatic rings. The van der Waals surface area contributed by atoms with E-state index in [1.54, 1.807) is 0 Å². The van der Waals surface area contributed by atoms with Gasteiger partial charge < -0.3 is 25.0 Å². The molecular formula is C15H21N3O7. The van der Waals surface area contributed by atoms with Crippen LogP contribution in [0.3, 0.4) is 0 Å². The molecule has 0 radical (unpaired) electrons. The van der Waals surface area contributed by atoms with E-state index < -0.39 is 42.2 Å². The molecule has 1 aromatic heterocycles. The second-order valence-electron chi connectivity index (χ2n) is 6.17. The van der Waals surface area contributed by atoms with Gasteiger partial charge in [0.1, 0.15) is 17.9 Å². The molecule has 25 heavy (non-hydrogen) atoms. The maximum Gasteiger partial charge on any atom is 0.330 e. The Kier molecular flexibility index (Phi) is 5.33. The van der Waals surface area contributed by atoms with Gasteiger partial charge in [-0.2, -0.15) is 0 Å². The Hall–Kier alpha value is -2.01. The molecule has 0 saturated carbocycles. The monoisotopic (exact) mass is 355 g/mol. The predicted molar refractivity (Wildman–Crippen MR) is 84.2 cm³/mol. The largest absolute Gasteiger partial charge is 0.394 e. The summed E-state index contributed by atoms with van der Waals surface area (Å²) in [5.41, 5.74) is -1.79. The van der Waals surface area contributed by atoms with Crippen LogP contribution in [-0.2, 0) is 9.47 Å². The van der Waals surface area contributed by atoms with E-state index in [0.717, 1.165) is 23.6 Å². The highest BCUT2D eigenvalue weighted by atomic mass is 16.5. The fraction of sp³-hybridized carbons (Fsp3) is 0.667. The summed E-state index contributed by atoms with van der Waals surface area (Å²) in [5, 5.41) is 21.5. The van der Waals surface area contributed by atoms with Gasteiger partial charge in [-0.05, 0) is 12.8 Å². The molecule has 4 N–H and O–H groups in total. The zero-order chi connectivity index (χ0) is 18.0. The number of hydrogen-bond acceptors (Lipinski definition) is 7. The maximum absolute atomic E-state index is 12.3. The van der Waals surface area contributed by atoms with Crippen molar-refractivity contribution in [1.82, 2.24) is 14.9 Å². The van der Waals surface area contributed by atoms with Gasteiger partial charge in [-0.1, -0.05) is 0 Å². The minimum atomic E-state index is -0.939. The number of nitrogens with one attached hydrogen (secondary N) is 2. The number of rotatable bonds is 5. The first-order valence-corrected chi connectivity index (χ1v) is 8.19. The van der Waals surface area contributed by atoms with Crippen molar-refractivity contribution in [3.63, 3.8) is 0 Å². The van der Waals surface area contributed by atoms with Crippen molar-refractivity contribution in [1.29, 1.82) is 0 Å². The highest BCUT2D eigenvalue weighted by molar-refractivity contribution is 5.93. The van der Waals surface area contributed by atoms with Gasteiger partial charge in [0.05, 0.1) is 18.8 Å². The zero-order valence-electron chi connectivity index (χ0n) is 13.5. The van der Waals surface area contributed by atoms with Gasteiger partial charge in [-0.15, -0.1) is 0 Å². The Morgan fingerprint density at radius 2 is 2.24 bits per heavy atom. The van der Waals surface area contributed by atoms with Crippen LogP contribution >= 0.6 is 0 Å². The second kappa shape index (κ2) is 7.48. The van der Waals surface area contributed by atoms with E-state index >= 15 is 0 Å². The average molecular weight is 355 g/mol. The number of H-pyrrole nitrogens is 1. The molecule has 3 unspecified atom stereocenters. The summed E-state index contributed by atoms with van der Waals surface area (Å²) in [6.07, 6.45) is 0.239. The Labute approximate surface area is 142 Å². The molecule has 2 fully saturated rings. The molecule has 1 amide bonds. The fourth-order valence-electron chi connectivity index (χ4n) is 3.02. The van der Waals surface area contributed by atoms with Crippen molar-refractivity contribution >= 4 is 5.91 Å². The third-order valence-corrected chi connectivity index (χ3v) is 4.42. The topological polar surface area (TPSA) is 143 Å². The number of aromatic amines is 1. The molecular weight excluding hydrogens is 334 g/mol. The van der Waals surface area contributed by atoms with Crippen molar-refractivity contribution in [2.24, 2.45) is 0 Å². The van der Waals surface area contributed by atoms with Crippen LogP contribution in [0.2, 0.25) is 0 Å². The van der Waals surface area contributed by atoms with Crippen molar-refractivity contribution in [3.8, 4) is 0 Å². The lowest BCUT2D eigenvalue weighted by molar-refractivity contribution is -0.0459. The van der Waals surface area contributed by atoms with E-state index in [2.05, 4.69) is 10.3 Å². The quantitative estimate of drug-likeness (QED) is 0.482. The summed E-state index contributed by atoms with van der Waals surface area (Å²) in [6, 6.07) is 0. The molecule has 0 bridgehead atoms. The molecule has 0 spiro atoms. The standard InChI is InChI=1S/C15H21N3O7/c19-7-11-10(20)4-12(25-11)18-6-9(14(22)17-15(18)23)13(21)16-5-8-2-1-3-24-8/h6,8,10-12,19-20H,1-5,7H2,(H,16,21)(H,17,22,23)/t8?,10-,11?,12?/m1/s1. The van der Waals surface area contributed by atoms with Gasteiger partial charge in [0.25, 0.3) is 11.5 Å². The van der Waals surface area contributed by atoms with Crippen molar-refractivity contribution in [2.75, 3.05) is 19.8 Å². The summed E-state index contributed by atoms with van der Waals surface area (Å²) in [7, 11) is 0. The van der Waals surface area contributed by atoms with Crippen LogP contribution < -0.4 is 16.6 Å². The first-order chi connectivity index (χ1) is 12.0. The Balaban J connectivity index is 1.77. The van der Waals surface area contributed by atoms with Crippen molar-refractivity contribution in [3.05, 3.63) is 32.6 Å². The van der Waals surface area contributed by atoms with Gasteiger partial charge in [-0.3, -0.25) is 19.1 Å². The predicted octanol–water partition coefficient (Wildman–Crippen LogP) is -1.91. The van der Waals surface area contributed by atoms with Crippen LogP contribution in [0, 0.1) is 0 Å². The first-order valence-electron chi connectivity index (χ1n) is 8.19. The molecule has 0 aromatic carbocycles. The number of ether oxygens (including phenoxy) is 2. The molecule has 3 heterocycles. The number of amides is 1. The Morgan fingerprint density at radius 1 is 1.44 bits per heavy atom. The van der Waals surface area contributed by atoms with E-state index in [1.807, 2.05) is 0 Å². The Bertz CT molecular complexity index is 737. The van der Waals surface area contributed by atoms with Crippen LogP contribution in [0.25, 0.3) is 0 Å². The third kappa shape index (κ3) is 3.82. The van der Waals surface area contributed by atoms with Gasteiger partial charge in [0.15, 0.2) is 0 Å². The van der Waals surface area contributed by atoms with Gasteiger partial charge in [0, 0.05) is 25.8 Å². The number of nitrogens with zero attached hydrogens (tertiary/aromatic N) is 1. The van der Waals surface area contributed by atoms with E-state index in [9.17, 15) is 19.5 Å². The summed E-state index contributed by atoms with van der Waals surface area (Å²) < 4.78 is 11.8. The maximum atomic E-state index is 12.3. The number of carbonyl (C=O) groups excluding carboxylic acids is 1. The smallest absolute Gasteiger partial charge is 0.330 e. The summed E-state index contributed by atoms with van der Waals surface area (Å²) in [6.45, 7) is 0.534. The number of aliphatic hydroxyl groups excluding tert-OH is 2. The van der Waals surface area contributed by atoms with E-state index in [4.69, 9.17) is 14.6 Å². The average Bonchev–Trinajstić information content (AvgIpc) is 3.22. The lowest BCUT2D eigenvalue weighted by atomic mass is 10.2. The molecule has 10 nitrogen and oxygen atoms in total. The van der Waals surface area contributed by atoms with Crippen LogP contribution in [0.15, 0.2) is 15.8 Å². The first kappa shape index (κ1) is 17.8. The molecule has 138 valence electrons. The lowest BCUT2D eigenvalue weighted by Gasteiger charge is -2.15. The molecule has 2 aliphatic rings. The van der Waals surface area contributed by atoms with Gasteiger partial charge in [-0.25, -0.2) is 4.79 Å². The minimum Gasteiger partial charge on any atom is -0.394 e. The molecule has 2 saturated heterocycles. The summed E-state index contributed by atoms with van der Waals surface area (Å²) in [4.78, 5) is 38.3. The lowest BCUT2D eigenvalue weighted by Crippen LogP contribution is -2.40. The molecule has 3 rings (SSSR count). The van der Waals surface area contributed by atoms with Crippen LogP contribution in [-0.4, -0.2) is 63.7 Å². The number of carbonyl (C=O) groups is 1. The Morgan fingerprint density at radius 3 is 2.88 bits per heavy atom. The van der Waals surface area contributed by atoms with Crippen LogP contribution in [0.4, 0.5) is 0 Å². The normalized spacial score (nSPS) is 29.0. The summed E-state index contributed by atoms with van der Waals surface area (Å²) >= 11 is 0. The number of aliphatic hydroxyl groups is 2. The van der Waals surface area contributed by atoms with Gasteiger partial charge >= 0.3 is 5.69 Å². The second-order valence-corrected chi connectivity index (χ2v) is 6.17. The third-order valence-electron chi connectivity index (χ3n) is 4.42. The van der Waals surface area contributed by atoms with E-state index in [-0.39, 0.29) is 24.6 Å². The van der Waals surface area contributed by atoms with Crippen LogP contribution in [0.1, 0.15) is 35.8 Å². The molecule has 4 atom stereocenters. The fourth-order valence-corrected chi connectivity index (χ4v) is 3.02. The van der Waals surface area contributed by atoms with E-state index in [0.29, 0.717) is 6.61 Å². The van der Waals surface area contributed by atoms with Crippen molar-refractivity contribution in [2.45, 2.75) is 43.8 Å². The highest BCUT2D eigenvalue weighted by Crippen LogP contribution is 2.27. The molecule has 0 aliphatic carbocycles. The van der Waals surface area contributed by atoms with Crippen LogP contribution in [0.5, 0.6) is 0 Å². The molecule has 2 aliphatic heterocycles. The van der Waals surface area contributed by atoms with Gasteiger partial charge in [0.2, 0.25) is 0 Å². The highest BCUT2D eigenvalue weighted by Gasteiger charge is 2.35. The summed E-state index contributed by atoms with van der Waals surface area (Å²) in [5.74, 6) is -0.622. The minimum absolute atomic E-state index is 0.0636. The van der Waals surface area contributed by atoms with Crippen molar-refractivity contribution < 1.29 is 24.5 Å². The molecule has 10 heteroatoms. The number of aromatic nitrogens is 2. The SMILES string of the molecule is O=C(NCC1CCCO1)c1cn(C2C[C@@H](O)C(CO)O2)c(=O)[nH]c1=O. The zero-order valence-corrected chi connectivity index (χ0v) is 13.5.